The van der Waals surface area contributed by atoms with E-state index in [1.165, 1.54) is 6.07 Å². The Bertz CT molecular complexity index is 409. The second kappa shape index (κ2) is 2.98. The van der Waals surface area contributed by atoms with E-state index < -0.39 is 11.7 Å². The highest BCUT2D eigenvalue weighted by atomic mass is 35.5. The summed E-state index contributed by atoms with van der Waals surface area (Å²) >= 11 is 5.61. The Balaban J connectivity index is 2.46. The number of fused-ring (bicyclic) bond motifs is 1. The van der Waals surface area contributed by atoms with E-state index in [9.17, 15) is 13.2 Å². The lowest BCUT2D eigenvalue weighted by Gasteiger charge is -2.07. The number of aliphatic imine (C=N–C) groups is 1. The molecule has 0 spiro atoms. The molecule has 74 valence electrons. The fourth-order valence-electron chi connectivity index (χ4n) is 1.32. The van der Waals surface area contributed by atoms with Crippen molar-refractivity contribution in [2.24, 2.45) is 4.99 Å². The number of halogens is 4. The van der Waals surface area contributed by atoms with Crippen LogP contribution in [-0.2, 0) is 12.6 Å². The molecule has 0 aliphatic carbocycles. The van der Waals surface area contributed by atoms with E-state index >= 15 is 0 Å². The molecule has 0 radical (unpaired) electrons. The Morgan fingerprint density at radius 3 is 2.64 bits per heavy atom. The molecule has 1 aromatic carbocycles. The normalized spacial score (nSPS) is 15.3. The average molecular weight is 220 g/mol. The molecule has 0 fully saturated rings. The number of alkyl halides is 3. The standard InChI is InChI=1S/C9H5ClF3N/c10-8-3-5-1-2-6(9(11,12)13)4-7(5)14-8/h1-2,4H,3H2. The molecule has 0 N–H and O–H groups in total. The van der Waals surface area contributed by atoms with Crippen LogP contribution in [0.15, 0.2) is 23.2 Å². The van der Waals surface area contributed by atoms with Gasteiger partial charge in [0.2, 0.25) is 0 Å². The summed E-state index contributed by atoms with van der Waals surface area (Å²) < 4.78 is 36.8. The fourth-order valence-corrected chi connectivity index (χ4v) is 1.56. The third-order valence-electron chi connectivity index (χ3n) is 1.99. The van der Waals surface area contributed by atoms with E-state index in [1.807, 2.05) is 0 Å². The van der Waals surface area contributed by atoms with E-state index in [-0.39, 0.29) is 0 Å². The maximum atomic E-state index is 12.3. The van der Waals surface area contributed by atoms with Crippen LogP contribution in [0.3, 0.4) is 0 Å². The fraction of sp³-hybridized carbons (Fsp3) is 0.222. The zero-order valence-electron chi connectivity index (χ0n) is 6.90. The predicted octanol–water partition coefficient (Wildman–Crippen LogP) is 3.53. The summed E-state index contributed by atoms with van der Waals surface area (Å²) in [7, 11) is 0. The molecule has 1 aromatic rings. The van der Waals surface area contributed by atoms with Crippen LogP contribution >= 0.6 is 11.6 Å². The number of nitrogens with zero attached hydrogens (tertiary/aromatic N) is 1. The van der Waals surface area contributed by atoms with Gasteiger partial charge in [-0.3, -0.25) is 0 Å². The maximum Gasteiger partial charge on any atom is 0.416 e. The SMILES string of the molecule is FC(F)(F)c1ccc2c(c1)N=C(Cl)C2. The third kappa shape index (κ3) is 1.62. The summed E-state index contributed by atoms with van der Waals surface area (Å²) in [6.07, 6.45) is -3.89. The first kappa shape index (κ1) is 9.52. The van der Waals surface area contributed by atoms with Crippen LogP contribution in [0.4, 0.5) is 18.9 Å². The lowest BCUT2D eigenvalue weighted by molar-refractivity contribution is -0.137. The quantitative estimate of drug-likeness (QED) is 0.633. The first-order valence-corrected chi connectivity index (χ1v) is 4.28. The van der Waals surface area contributed by atoms with Crippen molar-refractivity contribution in [1.82, 2.24) is 0 Å². The summed E-state index contributed by atoms with van der Waals surface area (Å²) in [6, 6.07) is 3.48. The van der Waals surface area contributed by atoms with Gasteiger partial charge >= 0.3 is 6.18 Å². The minimum Gasteiger partial charge on any atom is -0.241 e. The van der Waals surface area contributed by atoms with E-state index in [2.05, 4.69) is 4.99 Å². The molecule has 0 saturated heterocycles. The van der Waals surface area contributed by atoms with E-state index in [0.29, 0.717) is 17.3 Å². The van der Waals surface area contributed by atoms with E-state index in [4.69, 9.17) is 11.6 Å². The molecule has 1 nitrogen and oxygen atoms in total. The second-order valence-electron chi connectivity index (χ2n) is 3.01. The van der Waals surface area contributed by atoms with Crippen LogP contribution in [0.25, 0.3) is 0 Å². The molecule has 1 heterocycles. The predicted molar refractivity (Wildman–Crippen MR) is 48.1 cm³/mol. The highest BCUT2D eigenvalue weighted by molar-refractivity contribution is 6.66. The van der Waals surface area contributed by atoms with Gasteiger partial charge in [-0.1, -0.05) is 17.7 Å². The second-order valence-corrected chi connectivity index (χ2v) is 3.44. The molecule has 0 saturated carbocycles. The third-order valence-corrected chi connectivity index (χ3v) is 2.21. The Morgan fingerprint density at radius 2 is 2.00 bits per heavy atom. The van der Waals surface area contributed by atoms with Crippen molar-refractivity contribution in [3.8, 4) is 0 Å². The molecule has 0 aromatic heterocycles. The van der Waals surface area contributed by atoms with Gasteiger partial charge in [-0.05, 0) is 17.7 Å². The lowest BCUT2D eigenvalue weighted by Crippen LogP contribution is -2.04. The largest absolute Gasteiger partial charge is 0.416 e. The lowest BCUT2D eigenvalue weighted by atomic mass is 10.1. The molecule has 0 amide bonds. The zero-order chi connectivity index (χ0) is 10.3. The van der Waals surface area contributed by atoms with E-state index in [0.717, 1.165) is 17.7 Å². The van der Waals surface area contributed by atoms with Crippen molar-refractivity contribution in [2.45, 2.75) is 12.6 Å². The molecule has 0 bridgehead atoms. The van der Waals surface area contributed by atoms with Gasteiger partial charge in [0, 0.05) is 6.42 Å². The minimum atomic E-state index is -4.32. The molecule has 14 heavy (non-hydrogen) atoms. The van der Waals surface area contributed by atoms with Gasteiger partial charge in [-0.25, -0.2) is 4.99 Å². The van der Waals surface area contributed by atoms with Crippen molar-refractivity contribution in [3.05, 3.63) is 29.3 Å². The molecule has 2 rings (SSSR count). The summed E-state index contributed by atoms with van der Waals surface area (Å²) in [5.74, 6) is 0. The summed E-state index contributed by atoms with van der Waals surface area (Å²) in [6.45, 7) is 0. The highest BCUT2D eigenvalue weighted by Gasteiger charge is 2.31. The molecule has 0 atom stereocenters. The molecular weight excluding hydrogens is 215 g/mol. The molecule has 1 aliphatic rings. The number of benzene rings is 1. The van der Waals surface area contributed by atoms with Crippen molar-refractivity contribution < 1.29 is 13.2 Å². The highest BCUT2D eigenvalue weighted by Crippen LogP contribution is 2.35. The summed E-state index contributed by atoms with van der Waals surface area (Å²) in [4.78, 5) is 3.81. The van der Waals surface area contributed by atoms with Crippen LogP contribution < -0.4 is 0 Å². The summed E-state index contributed by atoms with van der Waals surface area (Å²) in [5.41, 5.74) is 0.374. The van der Waals surface area contributed by atoms with Crippen LogP contribution in [-0.4, -0.2) is 5.17 Å². The Kier molecular flexibility index (Phi) is 2.03. The Hall–Kier alpha value is -1.03. The van der Waals surface area contributed by atoms with Crippen LogP contribution in [0.1, 0.15) is 11.1 Å². The first-order valence-electron chi connectivity index (χ1n) is 3.90. The minimum absolute atomic E-state index is 0.324. The van der Waals surface area contributed by atoms with Gasteiger partial charge in [-0.2, -0.15) is 13.2 Å². The smallest absolute Gasteiger partial charge is 0.241 e. The van der Waals surface area contributed by atoms with Crippen molar-refractivity contribution >= 4 is 22.5 Å². The van der Waals surface area contributed by atoms with Gasteiger partial charge in [0.1, 0.15) is 5.17 Å². The topological polar surface area (TPSA) is 12.4 Å². The molecule has 0 unspecified atom stereocenters. The summed E-state index contributed by atoms with van der Waals surface area (Å²) in [5, 5.41) is 0.333. The Labute approximate surface area is 83.2 Å². The van der Waals surface area contributed by atoms with Gasteiger partial charge in [0.15, 0.2) is 0 Å². The van der Waals surface area contributed by atoms with Gasteiger partial charge in [-0.15, -0.1) is 0 Å². The Morgan fingerprint density at radius 1 is 1.29 bits per heavy atom. The number of rotatable bonds is 0. The van der Waals surface area contributed by atoms with Crippen LogP contribution in [0.5, 0.6) is 0 Å². The van der Waals surface area contributed by atoms with Crippen molar-refractivity contribution in [1.29, 1.82) is 0 Å². The molecule has 1 aliphatic heterocycles. The van der Waals surface area contributed by atoms with Crippen molar-refractivity contribution in [3.63, 3.8) is 0 Å². The maximum absolute atomic E-state index is 12.3. The van der Waals surface area contributed by atoms with Gasteiger partial charge < -0.3 is 0 Å². The monoisotopic (exact) mass is 219 g/mol. The van der Waals surface area contributed by atoms with Crippen molar-refractivity contribution in [2.75, 3.05) is 0 Å². The zero-order valence-corrected chi connectivity index (χ0v) is 7.65. The van der Waals surface area contributed by atoms with Gasteiger partial charge in [0.25, 0.3) is 0 Å². The number of hydrogen-bond donors (Lipinski definition) is 0. The van der Waals surface area contributed by atoms with E-state index in [1.54, 1.807) is 0 Å². The van der Waals surface area contributed by atoms with Gasteiger partial charge in [0.05, 0.1) is 11.3 Å². The first-order chi connectivity index (χ1) is 6.47. The average Bonchev–Trinajstić information content (AvgIpc) is 2.41. The number of hydrogen-bond acceptors (Lipinski definition) is 1. The van der Waals surface area contributed by atoms with Crippen LogP contribution in [0.2, 0.25) is 0 Å². The van der Waals surface area contributed by atoms with Crippen LogP contribution in [0, 0.1) is 0 Å². The molecular formula is C9H5ClF3N. The molecule has 5 heteroatoms.